The maximum Gasteiger partial charge on any atom is 0.329 e. The number of hydroxylamine groups is 2. The standard InChI is InChI=1S/C9H17NO4.2C2H6/c1-3-5-6-7(9(12)13)10(14)8(11)4-2;2*1-2/h7,14H,3-6H2,1-2H3,(H,12,13);2*1-2H3. The minimum absolute atomic E-state index is 0.104. The summed E-state index contributed by atoms with van der Waals surface area (Å²) in [6, 6.07) is -1.11. The van der Waals surface area contributed by atoms with Gasteiger partial charge in [0.05, 0.1) is 0 Å². The Balaban J connectivity index is -0.000000506. The number of carboxylic acid groups (broad SMARTS) is 1. The largest absolute Gasteiger partial charge is 0.480 e. The fourth-order valence-electron chi connectivity index (χ4n) is 1.08. The molecule has 110 valence electrons. The van der Waals surface area contributed by atoms with Crippen LogP contribution >= 0.6 is 0 Å². The zero-order valence-electron chi connectivity index (χ0n) is 12.6. The molecule has 5 nitrogen and oxygen atoms in total. The van der Waals surface area contributed by atoms with E-state index in [1.807, 2.05) is 34.6 Å². The highest BCUT2D eigenvalue weighted by Gasteiger charge is 2.26. The topological polar surface area (TPSA) is 77.8 Å². The monoisotopic (exact) mass is 263 g/mol. The average Bonchev–Trinajstić information content (AvgIpc) is 2.42. The van der Waals surface area contributed by atoms with E-state index in [9.17, 15) is 14.8 Å². The molecule has 0 aliphatic carbocycles. The third kappa shape index (κ3) is 10.1. The lowest BCUT2D eigenvalue weighted by Crippen LogP contribution is -2.42. The van der Waals surface area contributed by atoms with Gasteiger partial charge in [-0.05, 0) is 6.42 Å². The van der Waals surface area contributed by atoms with Gasteiger partial charge < -0.3 is 5.11 Å². The number of carboxylic acids is 1. The molecule has 2 N–H and O–H groups in total. The second-order valence-corrected chi connectivity index (χ2v) is 3.09. The van der Waals surface area contributed by atoms with Crippen molar-refractivity contribution in [2.45, 2.75) is 73.3 Å². The number of nitrogens with zero attached hydrogens (tertiary/aromatic N) is 1. The summed E-state index contributed by atoms with van der Waals surface area (Å²) in [4.78, 5) is 21.7. The van der Waals surface area contributed by atoms with Gasteiger partial charge in [-0.3, -0.25) is 10.0 Å². The molecule has 1 amide bonds. The van der Waals surface area contributed by atoms with Crippen LogP contribution < -0.4 is 0 Å². The molecule has 0 bridgehead atoms. The van der Waals surface area contributed by atoms with E-state index < -0.39 is 17.9 Å². The van der Waals surface area contributed by atoms with Gasteiger partial charge >= 0.3 is 5.97 Å². The van der Waals surface area contributed by atoms with Crippen LogP contribution in [0.25, 0.3) is 0 Å². The summed E-state index contributed by atoms with van der Waals surface area (Å²) in [6.07, 6.45) is 1.89. The van der Waals surface area contributed by atoms with Crippen molar-refractivity contribution in [3.8, 4) is 0 Å². The number of amides is 1. The zero-order valence-corrected chi connectivity index (χ0v) is 12.6. The van der Waals surface area contributed by atoms with Gasteiger partial charge in [0, 0.05) is 6.42 Å². The number of aliphatic carboxylic acids is 1. The molecular formula is C13H29NO4. The van der Waals surface area contributed by atoms with Gasteiger partial charge in [-0.15, -0.1) is 0 Å². The minimum Gasteiger partial charge on any atom is -0.480 e. The first kappa shape index (κ1) is 22.1. The molecule has 18 heavy (non-hydrogen) atoms. The van der Waals surface area contributed by atoms with Gasteiger partial charge in [0.2, 0.25) is 5.91 Å². The summed E-state index contributed by atoms with van der Waals surface area (Å²) < 4.78 is 0. The second-order valence-electron chi connectivity index (χ2n) is 3.09. The van der Waals surface area contributed by atoms with Crippen LogP contribution in [0, 0.1) is 0 Å². The van der Waals surface area contributed by atoms with Gasteiger partial charge in [0.25, 0.3) is 0 Å². The first-order valence-electron chi connectivity index (χ1n) is 6.78. The first-order chi connectivity index (χ1) is 8.54. The van der Waals surface area contributed by atoms with Crippen molar-refractivity contribution in [1.82, 2.24) is 5.06 Å². The number of rotatable bonds is 6. The molecule has 1 atom stereocenters. The lowest BCUT2D eigenvalue weighted by molar-refractivity contribution is -0.186. The lowest BCUT2D eigenvalue weighted by atomic mass is 10.1. The van der Waals surface area contributed by atoms with Crippen LogP contribution in [0.4, 0.5) is 0 Å². The molecule has 0 aliphatic rings. The Hall–Kier alpha value is -1.10. The Kier molecular flexibility index (Phi) is 19.5. The van der Waals surface area contributed by atoms with Gasteiger partial charge in [-0.25, -0.2) is 9.86 Å². The zero-order chi connectivity index (χ0) is 15.1. The lowest BCUT2D eigenvalue weighted by Gasteiger charge is -2.21. The van der Waals surface area contributed by atoms with Crippen LogP contribution in [0.1, 0.15) is 67.2 Å². The third-order valence-corrected chi connectivity index (χ3v) is 1.97. The van der Waals surface area contributed by atoms with E-state index in [0.29, 0.717) is 11.5 Å². The van der Waals surface area contributed by atoms with Gasteiger partial charge in [-0.2, -0.15) is 0 Å². The molecular weight excluding hydrogens is 234 g/mol. The van der Waals surface area contributed by atoms with Crippen LogP contribution in [-0.2, 0) is 9.59 Å². The maximum atomic E-state index is 11.0. The van der Waals surface area contributed by atoms with E-state index in [2.05, 4.69) is 0 Å². The smallest absolute Gasteiger partial charge is 0.329 e. The van der Waals surface area contributed by atoms with Crippen molar-refractivity contribution in [3.05, 3.63) is 0 Å². The normalized spacial score (nSPS) is 10.2. The summed E-state index contributed by atoms with van der Waals surface area (Å²) in [5, 5.41) is 18.4. The molecule has 0 aromatic carbocycles. The Morgan fingerprint density at radius 1 is 1.11 bits per heavy atom. The van der Waals surface area contributed by atoms with E-state index in [-0.39, 0.29) is 12.8 Å². The fraction of sp³-hybridized carbons (Fsp3) is 0.846. The molecule has 5 heteroatoms. The van der Waals surface area contributed by atoms with Crippen molar-refractivity contribution >= 4 is 11.9 Å². The summed E-state index contributed by atoms with van der Waals surface area (Å²) in [5.74, 6) is -1.73. The Bertz CT molecular complexity index is 207. The predicted molar refractivity (Wildman–Crippen MR) is 72.6 cm³/mol. The van der Waals surface area contributed by atoms with Crippen molar-refractivity contribution in [2.24, 2.45) is 0 Å². The predicted octanol–water partition coefficient (Wildman–Crippen LogP) is 3.31. The van der Waals surface area contributed by atoms with Crippen LogP contribution in [-0.4, -0.2) is 33.3 Å². The van der Waals surface area contributed by atoms with Crippen LogP contribution in [0.2, 0.25) is 0 Å². The summed E-state index contributed by atoms with van der Waals surface area (Å²) >= 11 is 0. The molecule has 0 heterocycles. The quantitative estimate of drug-likeness (QED) is 0.569. The molecule has 0 saturated heterocycles. The van der Waals surface area contributed by atoms with E-state index in [4.69, 9.17) is 5.11 Å². The highest BCUT2D eigenvalue weighted by atomic mass is 16.5. The van der Waals surface area contributed by atoms with Gasteiger partial charge in [-0.1, -0.05) is 54.4 Å². The Morgan fingerprint density at radius 3 is 1.83 bits per heavy atom. The van der Waals surface area contributed by atoms with E-state index >= 15 is 0 Å². The van der Waals surface area contributed by atoms with E-state index in [1.54, 1.807) is 6.92 Å². The average molecular weight is 263 g/mol. The number of hydrogen-bond donors (Lipinski definition) is 2. The molecule has 0 aromatic rings. The summed E-state index contributed by atoms with van der Waals surface area (Å²) in [7, 11) is 0. The molecule has 0 rings (SSSR count). The summed E-state index contributed by atoms with van der Waals surface area (Å²) in [5.41, 5.74) is 0. The van der Waals surface area contributed by atoms with Crippen LogP contribution in [0.3, 0.4) is 0 Å². The highest BCUT2D eigenvalue weighted by Crippen LogP contribution is 2.08. The fourth-order valence-corrected chi connectivity index (χ4v) is 1.08. The molecule has 0 saturated carbocycles. The van der Waals surface area contributed by atoms with E-state index in [1.165, 1.54) is 0 Å². The molecule has 1 unspecified atom stereocenters. The minimum atomic E-state index is -1.16. The van der Waals surface area contributed by atoms with Crippen LogP contribution in [0.15, 0.2) is 0 Å². The van der Waals surface area contributed by atoms with Gasteiger partial charge in [0.1, 0.15) is 0 Å². The number of carbonyl (C=O) groups is 2. The Labute approximate surface area is 111 Å². The summed E-state index contributed by atoms with van der Waals surface area (Å²) in [6.45, 7) is 11.5. The highest BCUT2D eigenvalue weighted by molar-refractivity contribution is 5.82. The Morgan fingerprint density at radius 2 is 1.56 bits per heavy atom. The SMILES string of the molecule is CC.CC.CCCCC(C(=O)O)N(O)C(=O)CC. The van der Waals surface area contributed by atoms with Crippen molar-refractivity contribution in [2.75, 3.05) is 0 Å². The molecule has 0 aliphatic heterocycles. The van der Waals surface area contributed by atoms with Gasteiger partial charge in [0.15, 0.2) is 6.04 Å². The molecule has 0 spiro atoms. The molecule has 0 aromatic heterocycles. The third-order valence-electron chi connectivity index (χ3n) is 1.97. The molecule has 0 radical (unpaired) electrons. The number of carbonyl (C=O) groups excluding carboxylic acids is 1. The first-order valence-corrected chi connectivity index (χ1v) is 6.78. The van der Waals surface area contributed by atoms with Crippen molar-refractivity contribution in [1.29, 1.82) is 0 Å². The second kappa shape index (κ2) is 15.9. The maximum absolute atomic E-state index is 11.0. The van der Waals surface area contributed by atoms with Crippen molar-refractivity contribution < 1.29 is 19.9 Å². The van der Waals surface area contributed by atoms with Crippen molar-refractivity contribution in [3.63, 3.8) is 0 Å². The van der Waals surface area contributed by atoms with Crippen LogP contribution in [0.5, 0.6) is 0 Å². The van der Waals surface area contributed by atoms with E-state index in [0.717, 1.165) is 6.42 Å². The molecule has 0 fully saturated rings. The number of hydrogen-bond acceptors (Lipinski definition) is 3. The number of unbranched alkanes of at least 4 members (excludes halogenated alkanes) is 1.